The van der Waals surface area contributed by atoms with Crippen molar-refractivity contribution in [2.24, 2.45) is 0 Å². The molecule has 1 N–H and O–H groups in total. The van der Waals surface area contributed by atoms with Gasteiger partial charge in [0.25, 0.3) is 0 Å². The summed E-state index contributed by atoms with van der Waals surface area (Å²) in [6.45, 7) is 8.27. The summed E-state index contributed by atoms with van der Waals surface area (Å²) in [7, 11) is -3.78. The van der Waals surface area contributed by atoms with Gasteiger partial charge in [-0.15, -0.1) is 0 Å². The van der Waals surface area contributed by atoms with E-state index in [0.29, 0.717) is 18.0 Å². The third-order valence-electron chi connectivity index (χ3n) is 7.68. The van der Waals surface area contributed by atoms with Crippen LogP contribution in [0.25, 0.3) is 0 Å². The Labute approximate surface area is 230 Å². The highest BCUT2D eigenvalue weighted by atomic mass is 32.2. The lowest BCUT2D eigenvalue weighted by Crippen LogP contribution is -2.46. The highest BCUT2D eigenvalue weighted by molar-refractivity contribution is 7.89. The number of pyridine rings is 1. The predicted molar refractivity (Wildman–Crippen MR) is 150 cm³/mol. The van der Waals surface area contributed by atoms with Gasteiger partial charge in [0.05, 0.1) is 17.5 Å². The van der Waals surface area contributed by atoms with E-state index in [1.54, 1.807) is 16.7 Å². The van der Waals surface area contributed by atoms with Crippen molar-refractivity contribution in [3.63, 3.8) is 0 Å². The monoisotopic (exact) mass is 551 g/mol. The maximum absolute atomic E-state index is 13.9. The Morgan fingerprint density at radius 2 is 1.72 bits per heavy atom. The number of sulfonamides is 1. The van der Waals surface area contributed by atoms with Gasteiger partial charge in [-0.25, -0.2) is 8.42 Å². The van der Waals surface area contributed by atoms with Crippen LogP contribution >= 0.6 is 0 Å². The first-order valence-electron chi connectivity index (χ1n) is 13.5. The minimum atomic E-state index is -3.78. The van der Waals surface area contributed by atoms with Crippen LogP contribution in [0.1, 0.15) is 41.3 Å². The molecule has 0 bridgehead atoms. The Morgan fingerprint density at radius 3 is 2.41 bits per heavy atom. The molecule has 0 aliphatic carbocycles. The van der Waals surface area contributed by atoms with E-state index in [-0.39, 0.29) is 25.2 Å². The van der Waals surface area contributed by atoms with Gasteiger partial charge < -0.3 is 19.5 Å². The summed E-state index contributed by atoms with van der Waals surface area (Å²) in [6.07, 6.45) is 7.25. The van der Waals surface area contributed by atoms with Crippen molar-refractivity contribution in [2.75, 3.05) is 37.7 Å². The van der Waals surface area contributed by atoms with Crippen LogP contribution in [0.4, 0.5) is 5.69 Å². The molecule has 208 valence electrons. The molecule has 3 aromatic rings. The van der Waals surface area contributed by atoms with Gasteiger partial charge in [0, 0.05) is 62.2 Å². The van der Waals surface area contributed by atoms with Crippen LogP contribution in [-0.2, 0) is 26.1 Å². The molecule has 5 rings (SSSR count). The number of amides is 1. The second kappa shape index (κ2) is 11.5. The van der Waals surface area contributed by atoms with Crippen LogP contribution in [0.3, 0.4) is 0 Å². The molecule has 2 aliphatic heterocycles. The quantitative estimate of drug-likeness (QED) is 0.461. The number of fused-ring (bicyclic) bond motifs is 1. The average Bonchev–Trinajstić information content (AvgIpc) is 3.38. The molecule has 1 aromatic carbocycles. The molecule has 0 spiro atoms. The maximum Gasteiger partial charge on any atom is 0.246 e. The van der Waals surface area contributed by atoms with Crippen LogP contribution in [-0.4, -0.2) is 67.1 Å². The molecule has 1 amide bonds. The van der Waals surface area contributed by atoms with Crippen LogP contribution in [0, 0.1) is 20.8 Å². The first kappa shape index (κ1) is 27.4. The first-order chi connectivity index (χ1) is 18.7. The van der Waals surface area contributed by atoms with E-state index in [1.807, 2.05) is 63.4 Å². The van der Waals surface area contributed by atoms with Crippen molar-refractivity contribution in [2.45, 2.75) is 57.1 Å². The summed E-state index contributed by atoms with van der Waals surface area (Å²) < 4.78 is 37.4. The van der Waals surface area contributed by atoms with E-state index < -0.39 is 16.1 Å². The van der Waals surface area contributed by atoms with Crippen molar-refractivity contribution in [1.82, 2.24) is 19.2 Å². The fraction of sp³-hybridized carbons (Fsp3) is 0.448. The Kier molecular flexibility index (Phi) is 8.06. The number of piperidine rings is 1. The molecule has 1 saturated heterocycles. The SMILES string of the molecule is Cc1cc(C)c(S(=O)(=O)N2CCn3cccc3C2COCC(=O)NC2CCN(c3ccncc3)CC2)c(C)c1. The third-order valence-corrected chi connectivity index (χ3v) is 9.90. The third kappa shape index (κ3) is 5.88. The normalized spacial score (nSPS) is 18.6. The minimum Gasteiger partial charge on any atom is -0.371 e. The van der Waals surface area contributed by atoms with Gasteiger partial charge in [-0.2, -0.15) is 4.31 Å². The fourth-order valence-corrected chi connectivity index (χ4v) is 7.95. The molecule has 4 heterocycles. The van der Waals surface area contributed by atoms with Crippen molar-refractivity contribution in [3.05, 3.63) is 77.4 Å². The van der Waals surface area contributed by atoms with E-state index in [4.69, 9.17) is 4.74 Å². The Hall–Kier alpha value is -3.21. The van der Waals surface area contributed by atoms with Gasteiger partial charge in [0.2, 0.25) is 15.9 Å². The number of anilines is 1. The van der Waals surface area contributed by atoms with E-state index in [1.165, 1.54) is 0 Å². The van der Waals surface area contributed by atoms with Gasteiger partial charge >= 0.3 is 0 Å². The Balaban J connectivity index is 1.21. The standard InChI is InChI=1S/C29H37N5O4S/c1-21-17-22(2)29(23(3)18-21)39(36,37)34-16-15-33-12-4-5-26(33)27(34)19-38-20-28(35)31-24-8-13-32(14-9-24)25-6-10-30-11-7-25/h4-7,10-12,17-18,24,27H,8-9,13-16,19-20H2,1-3H3,(H,31,35). The smallest absolute Gasteiger partial charge is 0.246 e. The summed E-state index contributed by atoms with van der Waals surface area (Å²) in [5, 5.41) is 3.09. The molecule has 10 heteroatoms. The lowest BCUT2D eigenvalue weighted by molar-refractivity contribution is -0.127. The molecule has 0 radical (unpaired) electrons. The van der Waals surface area contributed by atoms with Crippen molar-refractivity contribution >= 4 is 21.6 Å². The van der Waals surface area contributed by atoms with E-state index in [0.717, 1.165) is 54.0 Å². The molecule has 9 nitrogen and oxygen atoms in total. The minimum absolute atomic E-state index is 0.0930. The summed E-state index contributed by atoms with van der Waals surface area (Å²) in [5.74, 6) is -0.178. The number of ether oxygens (including phenoxy) is 1. The summed E-state index contributed by atoms with van der Waals surface area (Å²) in [4.78, 5) is 19.5. The molecule has 0 saturated carbocycles. The molecule has 1 unspecified atom stereocenters. The number of hydrogen-bond donors (Lipinski definition) is 1. The number of carbonyl (C=O) groups is 1. The lowest BCUT2D eigenvalue weighted by Gasteiger charge is -2.36. The maximum atomic E-state index is 13.9. The largest absolute Gasteiger partial charge is 0.371 e. The first-order valence-corrected chi connectivity index (χ1v) is 14.9. The molecule has 39 heavy (non-hydrogen) atoms. The fourth-order valence-electron chi connectivity index (χ4n) is 5.96. The van der Waals surface area contributed by atoms with Gasteiger partial charge in [0.1, 0.15) is 6.61 Å². The van der Waals surface area contributed by atoms with E-state index in [9.17, 15) is 13.2 Å². The van der Waals surface area contributed by atoms with Crippen LogP contribution < -0.4 is 10.2 Å². The average molecular weight is 552 g/mol. The van der Waals surface area contributed by atoms with Gasteiger partial charge in [-0.05, 0) is 69.0 Å². The Morgan fingerprint density at radius 1 is 1.03 bits per heavy atom. The zero-order valence-corrected chi connectivity index (χ0v) is 23.7. The Bertz CT molecular complexity index is 1390. The van der Waals surface area contributed by atoms with Crippen molar-refractivity contribution in [1.29, 1.82) is 0 Å². The molecule has 2 aliphatic rings. The number of benzene rings is 1. The molecular formula is C29H37N5O4S. The highest BCUT2D eigenvalue weighted by Gasteiger charge is 2.38. The second-order valence-electron chi connectivity index (χ2n) is 10.5. The number of aryl methyl sites for hydroxylation is 3. The number of aromatic nitrogens is 2. The van der Waals surface area contributed by atoms with Crippen LogP contribution in [0.5, 0.6) is 0 Å². The summed E-state index contributed by atoms with van der Waals surface area (Å²) in [6, 6.07) is 11.2. The predicted octanol–water partition coefficient (Wildman–Crippen LogP) is 3.36. The zero-order chi connectivity index (χ0) is 27.6. The summed E-state index contributed by atoms with van der Waals surface area (Å²) in [5.41, 5.74) is 4.53. The molecular weight excluding hydrogens is 514 g/mol. The van der Waals surface area contributed by atoms with Crippen molar-refractivity contribution < 1.29 is 17.9 Å². The number of carbonyl (C=O) groups excluding carboxylic acids is 1. The molecule has 1 fully saturated rings. The number of nitrogens with zero attached hydrogens (tertiary/aromatic N) is 4. The zero-order valence-electron chi connectivity index (χ0n) is 22.8. The van der Waals surface area contributed by atoms with Gasteiger partial charge in [0.15, 0.2) is 0 Å². The van der Waals surface area contributed by atoms with Gasteiger partial charge in [-0.3, -0.25) is 9.78 Å². The summed E-state index contributed by atoms with van der Waals surface area (Å²) >= 11 is 0. The van der Waals surface area contributed by atoms with Crippen LogP contribution in [0.2, 0.25) is 0 Å². The highest BCUT2D eigenvalue weighted by Crippen LogP contribution is 2.34. The molecule has 2 aromatic heterocycles. The second-order valence-corrected chi connectivity index (χ2v) is 12.4. The lowest BCUT2D eigenvalue weighted by atomic mass is 10.0. The van der Waals surface area contributed by atoms with E-state index >= 15 is 0 Å². The van der Waals surface area contributed by atoms with E-state index in [2.05, 4.69) is 19.8 Å². The number of hydrogen-bond acceptors (Lipinski definition) is 6. The molecule has 1 atom stereocenters. The number of nitrogens with one attached hydrogen (secondary N) is 1. The van der Waals surface area contributed by atoms with Crippen LogP contribution in [0.15, 0.2) is 59.9 Å². The number of rotatable bonds is 8. The van der Waals surface area contributed by atoms with Crippen molar-refractivity contribution in [3.8, 4) is 0 Å². The van der Waals surface area contributed by atoms with Gasteiger partial charge in [-0.1, -0.05) is 17.7 Å². The topological polar surface area (TPSA) is 96.8 Å².